The molecule has 20 heavy (non-hydrogen) atoms. The van der Waals surface area contributed by atoms with E-state index in [1.165, 1.54) is 11.8 Å². The highest BCUT2D eigenvalue weighted by Crippen LogP contribution is 2.34. The number of pyridine rings is 1. The maximum Gasteiger partial charge on any atom is 0.135 e. The van der Waals surface area contributed by atoms with Gasteiger partial charge in [-0.05, 0) is 41.4 Å². The van der Waals surface area contributed by atoms with Crippen LogP contribution in [0.2, 0.25) is 0 Å². The van der Waals surface area contributed by atoms with Crippen molar-refractivity contribution in [2.75, 3.05) is 13.2 Å². The van der Waals surface area contributed by atoms with E-state index in [0.717, 1.165) is 15.1 Å². The van der Waals surface area contributed by atoms with Crippen molar-refractivity contribution in [3.05, 3.63) is 22.4 Å². The summed E-state index contributed by atoms with van der Waals surface area (Å²) in [5.41, 5.74) is 6.18. The summed E-state index contributed by atoms with van der Waals surface area (Å²) in [5.74, 6) is 0. The van der Waals surface area contributed by atoms with Crippen molar-refractivity contribution in [1.29, 1.82) is 0 Å². The van der Waals surface area contributed by atoms with Crippen molar-refractivity contribution in [3.63, 3.8) is 0 Å². The Hall–Kier alpha value is -0.180. The van der Waals surface area contributed by atoms with Gasteiger partial charge in [0.05, 0.1) is 12.7 Å². The molecular weight excluding hydrogens is 344 g/mol. The molecule has 1 aromatic rings. The third-order valence-electron chi connectivity index (χ3n) is 3.10. The lowest BCUT2D eigenvalue weighted by Gasteiger charge is -2.37. The largest absolute Gasteiger partial charge is 0.388 e. The number of rotatable bonds is 6. The fourth-order valence-electron chi connectivity index (χ4n) is 1.73. The average molecular weight is 363 g/mol. The second-order valence-corrected chi connectivity index (χ2v) is 6.70. The number of aryl methyl sites for hydroxylation is 1. The molecule has 3 N–H and O–H groups in total. The molecule has 0 spiro atoms. The van der Waals surface area contributed by atoms with E-state index in [0.29, 0.717) is 6.61 Å². The number of aliphatic hydroxyl groups excluding tert-OH is 1. The Bertz CT molecular complexity index is 463. The van der Waals surface area contributed by atoms with E-state index in [1.807, 2.05) is 19.9 Å². The Morgan fingerprint density at radius 2 is 2.45 bits per heavy atom. The van der Waals surface area contributed by atoms with E-state index in [2.05, 4.69) is 20.9 Å². The third-order valence-corrected chi connectivity index (χ3v) is 5.22. The maximum absolute atomic E-state index is 10.0. The molecule has 2 heterocycles. The zero-order valence-electron chi connectivity index (χ0n) is 11.5. The summed E-state index contributed by atoms with van der Waals surface area (Å²) < 4.78 is 11.9. The molecule has 0 aromatic carbocycles. The lowest BCUT2D eigenvalue weighted by molar-refractivity contribution is -0.195. The summed E-state index contributed by atoms with van der Waals surface area (Å²) in [4.78, 5) is 5.17. The Morgan fingerprint density at radius 1 is 1.70 bits per heavy atom. The summed E-state index contributed by atoms with van der Waals surface area (Å²) in [6, 6.07) is 2.00. The van der Waals surface area contributed by atoms with Crippen molar-refractivity contribution < 1.29 is 14.6 Å². The van der Waals surface area contributed by atoms with Crippen LogP contribution in [0.5, 0.6) is 0 Å². The molecule has 0 aliphatic carbocycles. The lowest BCUT2D eigenvalue weighted by atomic mass is 10.1. The number of aliphatic hydroxyl groups is 1. The quantitative estimate of drug-likeness (QED) is 0.455. The molecule has 1 fully saturated rings. The van der Waals surface area contributed by atoms with Crippen LogP contribution >= 0.6 is 27.7 Å². The van der Waals surface area contributed by atoms with Crippen LogP contribution in [0.3, 0.4) is 0 Å². The number of thioether (sulfide) groups is 1. The van der Waals surface area contributed by atoms with Gasteiger partial charge in [-0.15, -0.1) is 0 Å². The van der Waals surface area contributed by atoms with Crippen molar-refractivity contribution >= 4 is 27.7 Å². The number of hydrogen-bond donors (Lipinski definition) is 2. The van der Waals surface area contributed by atoms with Crippen LogP contribution in [0.4, 0.5) is 0 Å². The third kappa shape index (κ3) is 3.93. The first-order valence-electron chi connectivity index (χ1n) is 6.45. The van der Waals surface area contributed by atoms with Crippen LogP contribution < -0.4 is 5.73 Å². The molecule has 112 valence electrons. The Morgan fingerprint density at radius 3 is 3.00 bits per heavy atom. The number of aromatic nitrogens is 1. The first kappa shape index (κ1) is 16.2. The van der Waals surface area contributed by atoms with Crippen molar-refractivity contribution in [3.8, 4) is 0 Å². The molecule has 4 atom stereocenters. The van der Waals surface area contributed by atoms with Crippen LogP contribution in [0, 0.1) is 6.92 Å². The summed E-state index contributed by atoms with van der Waals surface area (Å²) in [6.07, 6.45) is 1.11. The monoisotopic (exact) mass is 362 g/mol. The van der Waals surface area contributed by atoms with Crippen LogP contribution in [-0.2, 0) is 9.47 Å². The number of halogens is 1. The van der Waals surface area contributed by atoms with Gasteiger partial charge in [0.2, 0.25) is 0 Å². The molecule has 3 unspecified atom stereocenters. The minimum Gasteiger partial charge on any atom is -0.388 e. The van der Waals surface area contributed by atoms with Crippen molar-refractivity contribution in [2.45, 2.75) is 42.5 Å². The fourth-order valence-corrected chi connectivity index (χ4v) is 3.35. The molecule has 5 nitrogen and oxygen atoms in total. The SMILES string of the molecule is Cc1cnc(Br)c(SC(OC2COC2C)[C@@H](O)CN)c1. The van der Waals surface area contributed by atoms with Crippen molar-refractivity contribution in [2.24, 2.45) is 5.73 Å². The van der Waals surface area contributed by atoms with Gasteiger partial charge in [-0.25, -0.2) is 4.98 Å². The average Bonchev–Trinajstić information content (AvgIpc) is 2.44. The zero-order valence-corrected chi connectivity index (χ0v) is 13.9. The van der Waals surface area contributed by atoms with Crippen LogP contribution in [0.1, 0.15) is 12.5 Å². The Labute approximate surface area is 131 Å². The van der Waals surface area contributed by atoms with Crippen LogP contribution in [-0.4, -0.2) is 47.0 Å². The highest BCUT2D eigenvalue weighted by atomic mass is 79.9. The lowest BCUT2D eigenvalue weighted by Crippen LogP contribution is -2.48. The van der Waals surface area contributed by atoms with Gasteiger partial charge in [0, 0.05) is 17.6 Å². The summed E-state index contributed by atoms with van der Waals surface area (Å²) in [6.45, 7) is 4.63. The number of ether oxygens (including phenoxy) is 2. The molecule has 1 saturated heterocycles. The van der Waals surface area contributed by atoms with E-state index in [-0.39, 0.29) is 18.8 Å². The fraction of sp³-hybridized carbons (Fsp3) is 0.615. The minimum absolute atomic E-state index is 0.00486. The first-order chi connectivity index (χ1) is 9.51. The molecular formula is C13H19BrN2O3S. The van der Waals surface area contributed by atoms with E-state index < -0.39 is 11.5 Å². The molecule has 1 aliphatic rings. The smallest absolute Gasteiger partial charge is 0.135 e. The first-order valence-corrected chi connectivity index (χ1v) is 8.12. The molecule has 0 saturated carbocycles. The molecule has 0 radical (unpaired) electrons. The molecule has 0 bridgehead atoms. The zero-order chi connectivity index (χ0) is 14.7. The van der Waals surface area contributed by atoms with Gasteiger partial charge >= 0.3 is 0 Å². The van der Waals surface area contributed by atoms with Gasteiger partial charge in [-0.3, -0.25) is 0 Å². The van der Waals surface area contributed by atoms with Gasteiger partial charge in [-0.2, -0.15) is 0 Å². The van der Waals surface area contributed by atoms with E-state index in [1.54, 1.807) is 6.20 Å². The Kier molecular flexibility index (Phi) is 5.83. The summed E-state index contributed by atoms with van der Waals surface area (Å²) in [7, 11) is 0. The molecule has 1 aromatic heterocycles. The maximum atomic E-state index is 10.0. The van der Waals surface area contributed by atoms with E-state index >= 15 is 0 Å². The number of nitrogens with two attached hydrogens (primary N) is 1. The normalized spacial score (nSPS) is 25.1. The minimum atomic E-state index is -0.736. The van der Waals surface area contributed by atoms with Gasteiger partial charge in [0.1, 0.15) is 22.2 Å². The predicted octanol–water partition coefficient (Wildman–Crippen LogP) is 1.69. The van der Waals surface area contributed by atoms with Gasteiger partial charge in [-0.1, -0.05) is 11.8 Å². The highest BCUT2D eigenvalue weighted by Gasteiger charge is 2.34. The Balaban J connectivity index is 2.08. The van der Waals surface area contributed by atoms with Gasteiger partial charge < -0.3 is 20.3 Å². The predicted molar refractivity (Wildman–Crippen MR) is 81.7 cm³/mol. The summed E-state index contributed by atoms with van der Waals surface area (Å²) >= 11 is 4.84. The molecule has 7 heteroatoms. The van der Waals surface area contributed by atoms with Crippen LogP contribution in [0.15, 0.2) is 21.8 Å². The number of nitrogens with zero attached hydrogens (tertiary/aromatic N) is 1. The number of hydrogen-bond acceptors (Lipinski definition) is 6. The van der Waals surface area contributed by atoms with Crippen LogP contribution in [0.25, 0.3) is 0 Å². The second kappa shape index (κ2) is 7.20. The molecule has 0 amide bonds. The molecule has 2 rings (SSSR count). The van der Waals surface area contributed by atoms with E-state index in [4.69, 9.17) is 15.2 Å². The second-order valence-electron chi connectivity index (χ2n) is 4.80. The van der Waals surface area contributed by atoms with E-state index in [9.17, 15) is 5.11 Å². The van der Waals surface area contributed by atoms with Gasteiger partial charge in [0.25, 0.3) is 0 Å². The summed E-state index contributed by atoms with van der Waals surface area (Å²) in [5, 5.41) is 10.0. The topological polar surface area (TPSA) is 77.6 Å². The molecule has 1 aliphatic heterocycles. The standard InChI is InChI=1S/C13H19BrN2O3S/c1-7-3-11(12(14)16-5-7)20-13(9(17)4-15)19-10-6-18-8(10)2/h3,5,8-10,13,17H,4,6,15H2,1-2H3/t8?,9-,10?,13?/m0/s1. The highest BCUT2D eigenvalue weighted by molar-refractivity contribution is 9.10. The van der Waals surface area contributed by atoms with Gasteiger partial charge in [0.15, 0.2) is 0 Å². The van der Waals surface area contributed by atoms with Crippen molar-refractivity contribution in [1.82, 2.24) is 4.98 Å².